The van der Waals surface area contributed by atoms with Crippen LogP contribution in [-0.2, 0) is 6.54 Å². The summed E-state index contributed by atoms with van der Waals surface area (Å²) in [5.41, 5.74) is 1.11. The highest BCUT2D eigenvalue weighted by Crippen LogP contribution is 2.32. The monoisotopic (exact) mass is 377 g/mol. The van der Waals surface area contributed by atoms with Crippen LogP contribution in [0.4, 0.5) is 4.39 Å². The van der Waals surface area contributed by atoms with Gasteiger partial charge in [0.25, 0.3) is 5.91 Å². The van der Waals surface area contributed by atoms with Gasteiger partial charge in [-0.05, 0) is 61.6 Å². The molecular formula is C20H21ClFNO3. The maximum Gasteiger partial charge on any atom is 0.253 e. The molecule has 1 amide bonds. The van der Waals surface area contributed by atoms with E-state index in [1.54, 1.807) is 7.11 Å². The van der Waals surface area contributed by atoms with E-state index in [4.69, 9.17) is 21.1 Å². The minimum absolute atomic E-state index is 0.0837. The number of hydrogen-bond donors (Lipinski definition) is 1. The lowest BCUT2D eigenvalue weighted by Gasteiger charge is -2.17. The SMILES string of the molecule is COc1cc(CNC(=O)c2ccc(F)cc2Cl)ccc1OC1CCCC1. The van der Waals surface area contributed by atoms with Crippen LogP contribution in [0.3, 0.4) is 0 Å². The van der Waals surface area contributed by atoms with E-state index in [9.17, 15) is 9.18 Å². The van der Waals surface area contributed by atoms with Crippen LogP contribution in [0, 0.1) is 5.82 Å². The summed E-state index contributed by atoms with van der Waals surface area (Å²) in [6.45, 7) is 0.298. The zero-order valence-electron chi connectivity index (χ0n) is 14.6. The zero-order chi connectivity index (χ0) is 18.5. The van der Waals surface area contributed by atoms with Gasteiger partial charge < -0.3 is 14.8 Å². The smallest absolute Gasteiger partial charge is 0.253 e. The highest BCUT2D eigenvalue weighted by molar-refractivity contribution is 6.33. The number of halogens is 2. The summed E-state index contributed by atoms with van der Waals surface area (Å²) in [5, 5.41) is 2.86. The Morgan fingerprint density at radius 3 is 2.65 bits per heavy atom. The van der Waals surface area contributed by atoms with Crippen molar-refractivity contribution in [3.63, 3.8) is 0 Å². The van der Waals surface area contributed by atoms with E-state index >= 15 is 0 Å². The molecule has 0 spiro atoms. The minimum Gasteiger partial charge on any atom is -0.493 e. The van der Waals surface area contributed by atoms with E-state index in [1.165, 1.54) is 25.0 Å². The van der Waals surface area contributed by atoms with E-state index < -0.39 is 5.82 Å². The second-order valence-corrected chi connectivity index (χ2v) is 6.72. The molecule has 0 radical (unpaired) electrons. The summed E-state index contributed by atoms with van der Waals surface area (Å²) in [5.74, 6) is 0.522. The molecule has 1 fully saturated rings. The fourth-order valence-corrected chi connectivity index (χ4v) is 3.31. The molecule has 6 heteroatoms. The Labute approximate surface area is 157 Å². The Morgan fingerprint density at radius 1 is 1.19 bits per heavy atom. The summed E-state index contributed by atoms with van der Waals surface area (Å²) in [6, 6.07) is 9.29. The lowest BCUT2D eigenvalue weighted by molar-refractivity contribution is 0.0951. The van der Waals surface area contributed by atoms with Crippen LogP contribution in [0.25, 0.3) is 0 Å². The van der Waals surface area contributed by atoms with Crippen LogP contribution in [0.1, 0.15) is 41.6 Å². The number of amides is 1. The Hall–Kier alpha value is -2.27. The Bertz CT molecular complexity index is 791. The number of ether oxygens (including phenoxy) is 2. The molecule has 0 atom stereocenters. The van der Waals surface area contributed by atoms with Crippen molar-refractivity contribution in [3.8, 4) is 11.5 Å². The van der Waals surface area contributed by atoms with Crippen LogP contribution in [0.15, 0.2) is 36.4 Å². The van der Waals surface area contributed by atoms with Crippen molar-refractivity contribution < 1.29 is 18.7 Å². The second-order valence-electron chi connectivity index (χ2n) is 6.32. The number of rotatable bonds is 6. The molecule has 0 saturated heterocycles. The number of hydrogen-bond acceptors (Lipinski definition) is 3. The maximum atomic E-state index is 13.1. The lowest BCUT2D eigenvalue weighted by Crippen LogP contribution is -2.23. The summed E-state index contributed by atoms with van der Waals surface area (Å²) in [4.78, 5) is 12.2. The molecule has 0 bridgehead atoms. The molecule has 26 heavy (non-hydrogen) atoms. The highest BCUT2D eigenvalue weighted by Gasteiger charge is 2.18. The van der Waals surface area contributed by atoms with Crippen molar-refractivity contribution >= 4 is 17.5 Å². The Balaban J connectivity index is 1.64. The molecule has 1 N–H and O–H groups in total. The van der Waals surface area contributed by atoms with Crippen molar-refractivity contribution in [1.82, 2.24) is 5.32 Å². The molecule has 1 aliphatic carbocycles. The third-order valence-electron chi connectivity index (χ3n) is 4.45. The molecule has 1 saturated carbocycles. The largest absolute Gasteiger partial charge is 0.493 e. The maximum absolute atomic E-state index is 13.1. The molecule has 3 rings (SSSR count). The fourth-order valence-electron chi connectivity index (χ4n) is 3.06. The molecule has 0 unspecified atom stereocenters. The van der Waals surface area contributed by atoms with Crippen molar-refractivity contribution in [2.75, 3.05) is 7.11 Å². The van der Waals surface area contributed by atoms with Crippen LogP contribution >= 0.6 is 11.6 Å². The molecular weight excluding hydrogens is 357 g/mol. The van der Waals surface area contributed by atoms with Crippen molar-refractivity contribution in [1.29, 1.82) is 0 Å². The van der Waals surface area contributed by atoms with Gasteiger partial charge in [-0.15, -0.1) is 0 Å². The van der Waals surface area contributed by atoms with Gasteiger partial charge in [-0.3, -0.25) is 4.79 Å². The predicted octanol–water partition coefficient (Wildman–Crippen LogP) is 4.74. The molecule has 0 aromatic heterocycles. The summed E-state index contributed by atoms with van der Waals surface area (Å²) < 4.78 is 24.5. The van der Waals surface area contributed by atoms with Crippen LogP contribution in [0.5, 0.6) is 11.5 Å². The fraction of sp³-hybridized carbons (Fsp3) is 0.350. The van der Waals surface area contributed by atoms with Crippen molar-refractivity contribution in [2.24, 2.45) is 0 Å². The average molecular weight is 378 g/mol. The van der Waals surface area contributed by atoms with E-state index in [0.29, 0.717) is 12.3 Å². The highest BCUT2D eigenvalue weighted by atomic mass is 35.5. The molecule has 2 aromatic carbocycles. The molecule has 138 valence electrons. The zero-order valence-corrected chi connectivity index (χ0v) is 15.3. The Morgan fingerprint density at radius 2 is 1.96 bits per heavy atom. The number of carbonyl (C=O) groups is 1. The average Bonchev–Trinajstić information content (AvgIpc) is 3.13. The first-order chi connectivity index (χ1) is 12.6. The van der Waals surface area contributed by atoms with Gasteiger partial charge in [-0.1, -0.05) is 17.7 Å². The summed E-state index contributed by atoms with van der Waals surface area (Å²) >= 11 is 5.92. The molecule has 1 aliphatic rings. The summed E-state index contributed by atoms with van der Waals surface area (Å²) in [7, 11) is 1.59. The first-order valence-corrected chi connectivity index (χ1v) is 9.01. The van der Waals surface area contributed by atoms with Gasteiger partial charge in [0, 0.05) is 6.54 Å². The second kappa shape index (κ2) is 8.41. The molecule has 0 heterocycles. The first kappa shape index (κ1) is 18.5. The molecule has 0 aliphatic heterocycles. The lowest BCUT2D eigenvalue weighted by atomic mass is 10.1. The third-order valence-corrected chi connectivity index (χ3v) is 4.77. The summed E-state index contributed by atoms with van der Waals surface area (Å²) in [6.07, 6.45) is 4.78. The van der Waals surface area contributed by atoms with Gasteiger partial charge >= 0.3 is 0 Å². The van der Waals surface area contributed by atoms with Crippen LogP contribution in [0.2, 0.25) is 5.02 Å². The van der Waals surface area contributed by atoms with E-state index in [1.807, 2.05) is 18.2 Å². The van der Waals surface area contributed by atoms with Gasteiger partial charge in [0.05, 0.1) is 23.8 Å². The minimum atomic E-state index is -0.478. The van der Waals surface area contributed by atoms with Gasteiger partial charge in [-0.25, -0.2) is 4.39 Å². The molecule has 2 aromatic rings. The van der Waals surface area contributed by atoms with Crippen LogP contribution in [-0.4, -0.2) is 19.1 Å². The van der Waals surface area contributed by atoms with Gasteiger partial charge in [0.15, 0.2) is 11.5 Å². The first-order valence-electron chi connectivity index (χ1n) is 8.63. The topological polar surface area (TPSA) is 47.6 Å². The number of nitrogens with one attached hydrogen (secondary N) is 1. The Kier molecular flexibility index (Phi) is 5.99. The van der Waals surface area contributed by atoms with E-state index in [2.05, 4.69) is 5.32 Å². The number of methoxy groups -OCH3 is 1. The van der Waals surface area contributed by atoms with Crippen LogP contribution < -0.4 is 14.8 Å². The molecule has 4 nitrogen and oxygen atoms in total. The third kappa shape index (κ3) is 4.47. The number of benzene rings is 2. The quantitative estimate of drug-likeness (QED) is 0.791. The van der Waals surface area contributed by atoms with E-state index in [0.717, 1.165) is 30.2 Å². The van der Waals surface area contributed by atoms with Crippen molar-refractivity contribution in [2.45, 2.75) is 38.3 Å². The predicted molar refractivity (Wildman–Crippen MR) is 98.5 cm³/mol. The number of carbonyl (C=O) groups excluding carboxylic acids is 1. The van der Waals surface area contributed by atoms with Gasteiger partial charge in [-0.2, -0.15) is 0 Å². The van der Waals surface area contributed by atoms with Gasteiger partial charge in [0.2, 0.25) is 0 Å². The standard InChI is InChI=1S/C20H21ClFNO3/c1-25-19-10-13(6-9-18(19)26-15-4-2-3-5-15)12-23-20(24)16-8-7-14(22)11-17(16)21/h6-11,15H,2-5,12H2,1H3,(H,23,24). The van der Waals surface area contributed by atoms with Crippen molar-refractivity contribution in [3.05, 3.63) is 58.4 Å². The van der Waals surface area contributed by atoms with Gasteiger partial charge in [0.1, 0.15) is 5.82 Å². The van der Waals surface area contributed by atoms with E-state index in [-0.39, 0.29) is 22.6 Å². The normalized spacial score (nSPS) is 14.3.